The molecule has 144 valence electrons. The normalized spacial score (nSPS) is 15.0. The van der Waals surface area contributed by atoms with E-state index in [4.69, 9.17) is 16.3 Å². The van der Waals surface area contributed by atoms with E-state index in [9.17, 15) is 10.1 Å². The summed E-state index contributed by atoms with van der Waals surface area (Å²) in [5.41, 5.74) is 0.883. The third-order valence-electron chi connectivity index (χ3n) is 5.30. The molecule has 0 unspecified atom stereocenters. The topological polar surface area (TPSA) is 55.6 Å². The van der Waals surface area contributed by atoms with Gasteiger partial charge in [-0.2, -0.15) is 0 Å². The molecule has 1 aliphatic heterocycles. The minimum Gasteiger partial charge on any atom is -0.493 e. The van der Waals surface area contributed by atoms with Gasteiger partial charge in [0.15, 0.2) is 0 Å². The summed E-state index contributed by atoms with van der Waals surface area (Å²) < 4.78 is 6.04. The molecule has 28 heavy (non-hydrogen) atoms. The van der Waals surface area contributed by atoms with E-state index < -0.39 is 4.92 Å². The van der Waals surface area contributed by atoms with Crippen LogP contribution in [-0.2, 0) is 0 Å². The number of anilines is 1. The van der Waals surface area contributed by atoms with Gasteiger partial charge in [-0.25, -0.2) is 0 Å². The molecule has 1 aliphatic rings. The summed E-state index contributed by atoms with van der Waals surface area (Å²) in [7, 11) is 0. The van der Waals surface area contributed by atoms with Crippen molar-refractivity contribution < 1.29 is 9.66 Å². The quantitative estimate of drug-likeness (QED) is 0.410. The molecule has 0 radical (unpaired) electrons. The van der Waals surface area contributed by atoms with Crippen LogP contribution in [0.4, 0.5) is 11.4 Å². The maximum atomic E-state index is 10.9. The van der Waals surface area contributed by atoms with Crippen molar-refractivity contribution in [2.75, 3.05) is 24.6 Å². The van der Waals surface area contributed by atoms with Gasteiger partial charge >= 0.3 is 0 Å². The number of hydrogen-bond donors (Lipinski definition) is 0. The molecule has 0 saturated carbocycles. The number of benzene rings is 3. The van der Waals surface area contributed by atoms with Gasteiger partial charge in [-0.3, -0.25) is 10.1 Å². The minimum absolute atomic E-state index is 0.0208. The number of ether oxygens (including phenoxy) is 1. The van der Waals surface area contributed by atoms with Gasteiger partial charge in [0.05, 0.1) is 22.2 Å². The molecule has 0 N–H and O–H groups in total. The third-order valence-corrected chi connectivity index (χ3v) is 5.61. The number of rotatable bonds is 5. The van der Waals surface area contributed by atoms with Crippen molar-refractivity contribution in [1.29, 1.82) is 0 Å². The molecule has 0 atom stereocenters. The molecule has 3 aromatic rings. The minimum atomic E-state index is -0.425. The number of halogens is 1. The van der Waals surface area contributed by atoms with Gasteiger partial charge in [-0.05, 0) is 47.7 Å². The van der Waals surface area contributed by atoms with Gasteiger partial charge in [0.1, 0.15) is 5.75 Å². The van der Waals surface area contributed by atoms with Gasteiger partial charge in [0.25, 0.3) is 5.69 Å². The van der Waals surface area contributed by atoms with Gasteiger partial charge in [-0.15, -0.1) is 0 Å². The smallest absolute Gasteiger partial charge is 0.271 e. The van der Waals surface area contributed by atoms with Crippen LogP contribution in [0, 0.1) is 16.0 Å². The molecule has 1 fully saturated rings. The van der Waals surface area contributed by atoms with Gasteiger partial charge in [0, 0.05) is 25.2 Å². The Morgan fingerprint density at radius 1 is 1.04 bits per heavy atom. The number of nitro benzene ring substituents is 1. The Morgan fingerprint density at radius 3 is 2.50 bits per heavy atom. The van der Waals surface area contributed by atoms with E-state index >= 15 is 0 Å². The average Bonchev–Trinajstić information content (AvgIpc) is 2.72. The molecule has 4 rings (SSSR count). The maximum Gasteiger partial charge on any atom is 0.271 e. The Hall–Kier alpha value is -2.79. The summed E-state index contributed by atoms with van der Waals surface area (Å²) in [5.74, 6) is 1.39. The first-order chi connectivity index (χ1) is 13.6. The summed E-state index contributed by atoms with van der Waals surface area (Å²) in [6.45, 7) is 2.42. The number of hydrogen-bond acceptors (Lipinski definition) is 4. The highest BCUT2D eigenvalue weighted by molar-refractivity contribution is 6.33. The van der Waals surface area contributed by atoms with E-state index in [1.165, 1.54) is 22.9 Å². The highest BCUT2D eigenvalue weighted by Gasteiger charge is 2.22. The van der Waals surface area contributed by atoms with Crippen molar-refractivity contribution >= 4 is 33.7 Å². The second-order valence-electron chi connectivity index (χ2n) is 7.14. The molecule has 6 heteroatoms. The lowest BCUT2D eigenvalue weighted by Gasteiger charge is -2.34. The highest BCUT2D eigenvalue weighted by atomic mass is 35.5. The van der Waals surface area contributed by atoms with Crippen LogP contribution in [-0.4, -0.2) is 24.6 Å². The van der Waals surface area contributed by atoms with E-state index in [1.54, 1.807) is 6.07 Å². The number of piperidine rings is 1. The zero-order valence-corrected chi connectivity index (χ0v) is 16.1. The van der Waals surface area contributed by atoms with Gasteiger partial charge in [0.2, 0.25) is 0 Å². The Bertz CT molecular complexity index is 1000. The van der Waals surface area contributed by atoms with Crippen LogP contribution in [0.3, 0.4) is 0 Å². The molecule has 0 amide bonds. The van der Waals surface area contributed by atoms with Crippen molar-refractivity contribution in [1.82, 2.24) is 0 Å². The summed E-state index contributed by atoms with van der Waals surface area (Å²) in [4.78, 5) is 12.6. The monoisotopic (exact) mass is 396 g/mol. The first kappa shape index (κ1) is 18.6. The molecule has 0 aliphatic carbocycles. The third kappa shape index (κ3) is 4.04. The molecule has 0 aromatic heterocycles. The predicted molar refractivity (Wildman–Crippen MR) is 112 cm³/mol. The number of nitro groups is 1. The highest BCUT2D eigenvalue weighted by Crippen LogP contribution is 2.32. The fraction of sp³-hybridized carbons (Fsp3) is 0.273. The molecular weight excluding hydrogens is 376 g/mol. The number of non-ortho nitro benzene ring substituents is 1. The molecule has 0 spiro atoms. The lowest BCUT2D eigenvalue weighted by molar-refractivity contribution is -0.384. The standard InChI is InChI=1S/C22H21ClN2O3/c23-21-14-19(25(26)27)6-8-22(21)24-11-9-16(10-12-24)15-28-20-7-5-17-3-1-2-4-18(17)13-20/h1-8,13-14,16H,9-12,15H2. The fourth-order valence-corrected chi connectivity index (χ4v) is 3.97. The van der Waals surface area contributed by atoms with E-state index in [2.05, 4.69) is 29.2 Å². The van der Waals surface area contributed by atoms with Gasteiger partial charge in [-0.1, -0.05) is 41.9 Å². The second kappa shape index (κ2) is 8.07. The fourth-order valence-electron chi connectivity index (χ4n) is 3.68. The molecule has 5 nitrogen and oxygen atoms in total. The first-order valence-corrected chi connectivity index (χ1v) is 9.78. The molecule has 1 saturated heterocycles. The Morgan fingerprint density at radius 2 is 1.79 bits per heavy atom. The van der Waals surface area contributed by atoms with Crippen molar-refractivity contribution in [2.45, 2.75) is 12.8 Å². The molecule has 3 aromatic carbocycles. The van der Waals surface area contributed by atoms with Crippen LogP contribution in [0.2, 0.25) is 5.02 Å². The van der Waals surface area contributed by atoms with E-state index in [0.717, 1.165) is 37.4 Å². The predicted octanol–water partition coefficient (Wildman–Crippen LogP) is 5.70. The number of fused-ring (bicyclic) bond motifs is 1. The van der Waals surface area contributed by atoms with Crippen LogP contribution < -0.4 is 9.64 Å². The van der Waals surface area contributed by atoms with Gasteiger partial charge < -0.3 is 9.64 Å². The maximum absolute atomic E-state index is 10.9. The second-order valence-corrected chi connectivity index (χ2v) is 7.55. The van der Waals surface area contributed by atoms with E-state index in [-0.39, 0.29) is 5.69 Å². The summed E-state index contributed by atoms with van der Waals surface area (Å²) >= 11 is 6.26. The average molecular weight is 397 g/mol. The lowest BCUT2D eigenvalue weighted by Crippen LogP contribution is -2.35. The largest absolute Gasteiger partial charge is 0.493 e. The van der Waals surface area contributed by atoms with Crippen LogP contribution in [0.1, 0.15) is 12.8 Å². The zero-order valence-electron chi connectivity index (χ0n) is 15.4. The number of nitrogens with zero attached hydrogens (tertiary/aromatic N) is 2. The van der Waals surface area contributed by atoms with Crippen LogP contribution >= 0.6 is 11.6 Å². The van der Waals surface area contributed by atoms with Crippen molar-refractivity contribution in [3.8, 4) is 5.75 Å². The Kier molecular flexibility index (Phi) is 5.35. The van der Waals surface area contributed by atoms with Crippen molar-refractivity contribution in [2.24, 2.45) is 5.92 Å². The van der Waals surface area contributed by atoms with Crippen LogP contribution in [0.15, 0.2) is 60.7 Å². The van der Waals surface area contributed by atoms with Crippen molar-refractivity contribution in [3.63, 3.8) is 0 Å². The molecular formula is C22H21ClN2O3. The Labute approximate surface area is 168 Å². The van der Waals surface area contributed by atoms with E-state index in [1.807, 2.05) is 18.2 Å². The lowest BCUT2D eigenvalue weighted by atomic mass is 9.97. The van der Waals surface area contributed by atoms with Crippen LogP contribution in [0.5, 0.6) is 5.75 Å². The summed E-state index contributed by atoms with van der Waals surface area (Å²) in [6.07, 6.45) is 2.00. The summed E-state index contributed by atoms with van der Waals surface area (Å²) in [5, 5.41) is 13.7. The molecule has 0 bridgehead atoms. The SMILES string of the molecule is O=[N+]([O-])c1ccc(N2CCC(COc3ccc4ccccc4c3)CC2)c(Cl)c1. The summed E-state index contributed by atoms with van der Waals surface area (Å²) in [6, 6.07) is 19.1. The van der Waals surface area contributed by atoms with E-state index in [0.29, 0.717) is 17.5 Å². The first-order valence-electron chi connectivity index (χ1n) is 9.40. The molecule has 1 heterocycles. The van der Waals surface area contributed by atoms with Crippen molar-refractivity contribution in [3.05, 3.63) is 75.8 Å². The van der Waals surface area contributed by atoms with Crippen LogP contribution in [0.25, 0.3) is 10.8 Å². The zero-order chi connectivity index (χ0) is 19.5. The Balaban J connectivity index is 1.33.